The van der Waals surface area contributed by atoms with E-state index in [9.17, 15) is 9.59 Å². The van der Waals surface area contributed by atoms with Crippen LogP contribution in [-0.4, -0.2) is 35.0 Å². The van der Waals surface area contributed by atoms with Crippen LogP contribution < -0.4 is 0 Å². The number of carboxylic acids is 1. The Labute approximate surface area is 110 Å². The van der Waals surface area contributed by atoms with Crippen molar-refractivity contribution < 1.29 is 14.7 Å². The predicted molar refractivity (Wildman–Crippen MR) is 67.5 cm³/mol. The molecule has 1 aromatic rings. The van der Waals surface area contributed by atoms with Crippen LogP contribution in [0.4, 0.5) is 0 Å². The molecule has 1 heterocycles. The number of hydrogen-bond donors (Lipinski definition) is 1. The minimum atomic E-state index is -0.826. The Morgan fingerprint density at radius 1 is 1.44 bits per heavy atom. The molecule has 0 aliphatic carbocycles. The molecule has 18 heavy (non-hydrogen) atoms. The lowest BCUT2D eigenvalue weighted by atomic mass is 10.1. The molecule has 4 nitrogen and oxygen atoms in total. The molecule has 2 rings (SSSR count). The summed E-state index contributed by atoms with van der Waals surface area (Å²) in [7, 11) is 0. The highest BCUT2D eigenvalue weighted by molar-refractivity contribution is 6.30. The molecule has 1 amide bonds. The smallest absolute Gasteiger partial charge is 0.308 e. The number of nitrogens with zero attached hydrogens (tertiary/aromatic N) is 1. The maximum absolute atomic E-state index is 12.0. The Kier molecular flexibility index (Phi) is 3.87. The molecule has 1 saturated heterocycles. The topological polar surface area (TPSA) is 57.6 Å². The number of carbonyl (C=O) groups is 2. The van der Waals surface area contributed by atoms with Gasteiger partial charge in [-0.1, -0.05) is 23.7 Å². The SMILES string of the molecule is O=C(O)[C@@H]1CCN(C(=O)Cc2cccc(Cl)c2)C1. The first-order valence-corrected chi connectivity index (χ1v) is 6.19. The van der Waals surface area contributed by atoms with E-state index >= 15 is 0 Å². The maximum atomic E-state index is 12.0. The highest BCUT2D eigenvalue weighted by Crippen LogP contribution is 2.18. The summed E-state index contributed by atoms with van der Waals surface area (Å²) in [6.07, 6.45) is 0.809. The highest BCUT2D eigenvalue weighted by atomic mass is 35.5. The third-order valence-corrected chi connectivity index (χ3v) is 3.37. The van der Waals surface area contributed by atoms with E-state index in [2.05, 4.69) is 0 Å². The summed E-state index contributed by atoms with van der Waals surface area (Å²) in [6.45, 7) is 0.838. The fourth-order valence-electron chi connectivity index (χ4n) is 2.12. The van der Waals surface area contributed by atoms with E-state index in [1.54, 1.807) is 23.1 Å². The second-order valence-corrected chi connectivity index (χ2v) is 4.91. The number of likely N-dealkylation sites (tertiary alicyclic amines) is 1. The van der Waals surface area contributed by atoms with E-state index in [0.717, 1.165) is 5.56 Å². The Bertz CT molecular complexity index is 475. The van der Waals surface area contributed by atoms with Gasteiger partial charge in [0.05, 0.1) is 12.3 Å². The molecular weight excluding hydrogens is 254 g/mol. The van der Waals surface area contributed by atoms with Crippen molar-refractivity contribution in [3.8, 4) is 0 Å². The van der Waals surface area contributed by atoms with Crippen molar-refractivity contribution in [2.45, 2.75) is 12.8 Å². The van der Waals surface area contributed by atoms with Crippen LogP contribution in [0.2, 0.25) is 5.02 Å². The minimum absolute atomic E-state index is 0.0407. The highest BCUT2D eigenvalue weighted by Gasteiger charge is 2.30. The number of benzene rings is 1. The fourth-order valence-corrected chi connectivity index (χ4v) is 2.33. The van der Waals surface area contributed by atoms with Crippen LogP contribution in [-0.2, 0) is 16.0 Å². The molecular formula is C13H14ClNO3. The van der Waals surface area contributed by atoms with Crippen LogP contribution in [0.3, 0.4) is 0 Å². The van der Waals surface area contributed by atoms with Crippen LogP contribution in [0.15, 0.2) is 24.3 Å². The number of carboxylic acid groups (broad SMARTS) is 1. The van der Waals surface area contributed by atoms with E-state index < -0.39 is 11.9 Å². The van der Waals surface area contributed by atoms with Crippen molar-refractivity contribution in [2.24, 2.45) is 5.92 Å². The summed E-state index contributed by atoms with van der Waals surface area (Å²) in [5.41, 5.74) is 0.853. The van der Waals surface area contributed by atoms with Gasteiger partial charge < -0.3 is 10.0 Å². The molecule has 1 aliphatic heterocycles. The van der Waals surface area contributed by atoms with E-state index in [1.807, 2.05) is 6.07 Å². The number of rotatable bonds is 3. The van der Waals surface area contributed by atoms with E-state index in [-0.39, 0.29) is 12.3 Å². The van der Waals surface area contributed by atoms with Gasteiger partial charge in [0.15, 0.2) is 0 Å². The van der Waals surface area contributed by atoms with Gasteiger partial charge in [-0.3, -0.25) is 9.59 Å². The summed E-state index contributed by atoms with van der Waals surface area (Å²) >= 11 is 5.85. The summed E-state index contributed by atoms with van der Waals surface area (Å²) in [5.74, 6) is -1.29. The molecule has 0 unspecified atom stereocenters. The van der Waals surface area contributed by atoms with Gasteiger partial charge in [-0.15, -0.1) is 0 Å². The third-order valence-electron chi connectivity index (χ3n) is 3.13. The lowest BCUT2D eigenvalue weighted by Gasteiger charge is -2.15. The lowest BCUT2D eigenvalue weighted by molar-refractivity contribution is -0.141. The minimum Gasteiger partial charge on any atom is -0.481 e. The van der Waals surface area contributed by atoms with Gasteiger partial charge >= 0.3 is 5.97 Å². The zero-order valence-electron chi connectivity index (χ0n) is 9.80. The maximum Gasteiger partial charge on any atom is 0.308 e. The molecule has 1 atom stereocenters. The van der Waals surface area contributed by atoms with Gasteiger partial charge in [-0.25, -0.2) is 0 Å². The molecule has 0 spiro atoms. The molecule has 5 heteroatoms. The first-order valence-electron chi connectivity index (χ1n) is 5.81. The van der Waals surface area contributed by atoms with E-state index in [4.69, 9.17) is 16.7 Å². The van der Waals surface area contributed by atoms with E-state index in [1.165, 1.54) is 0 Å². The quantitative estimate of drug-likeness (QED) is 0.909. The average molecular weight is 268 g/mol. The second kappa shape index (κ2) is 5.40. The molecule has 1 fully saturated rings. The van der Waals surface area contributed by atoms with Crippen LogP contribution in [0, 0.1) is 5.92 Å². The Morgan fingerprint density at radius 3 is 2.83 bits per heavy atom. The van der Waals surface area contributed by atoms with Crippen LogP contribution in [0.25, 0.3) is 0 Å². The van der Waals surface area contributed by atoms with Gasteiger partial charge in [0.1, 0.15) is 0 Å². The zero-order chi connectivity index (χ0) is 13.1. The molecule has 0 saturated carbocycles. The molecule has 1 N–H and O–H groups in total. The standard InChI is InChI=1S/C13H14ClNO3/c14-11-3-1-2-9(6-11)7-12(16)15-5-4-10(8-15)13(17)18/h1-3,6,10H,4-5,7-8H2,(H,17,18)/t10-/m1/s1. The number of aliphatic carboxylic acids is 1. The normalized spacial score (nSPS) is 18.9. The monoisotopic (exact) mass is 267 g/mol. The summed E-state index contributed by atoms with van der Waals surface area (Å²) in [4.78, 5) is 24.4. The fraction of sp³-hybridized carbons (Fsp3) is 0.385. The Morgan fingerprint density at radius 2 is 2.22 bits per heavy atom. The lowest BCUT2D eigenvalue weighted by Crippen LogP contribution is -2.31. The van der Waals surface area contributed by atoms with Gasteiger partial charge in [-0.2, -0.15) is 0 Å². The summed E-state index contributed by atoms with van der Waals surface area (Å²) < 4.78 is 0. The Hall–Kier alpha value is -1.55. The molecule has 1 aromatic carbocycles. The van der Waals surface area contributed by atoms with Gasteiger partial charge in [0.25, 0.3) is 0 Å². The van der Waals surface area contributed by atoms with Gasteiger partial charge in [-0.05, 0) is 24.1 Å². The molecule has 0 bridgehead atoms. The van der Waals surface area contributed by atoms with Crippen molar-refractivity contribution in [3.63, 3.8) is 0 Å². The van der Waals surface area contributed by atoms with Gasteiger partial charge in [0, 0.05) is 18.1 Å². The molecule has 0 aromatic heterocycles. The molecule has 96 valence electrons. The summed E-state index contributed by atoms with van der Waals surface area (Å²) in [6, 6.07) is 7.15. The number of carbonyl (C=O) groups excluding carboxylic acids is 1. The van der Waals surface area contributed by atoms with Crippen molar-refractivity contribution in [1.29, 1.82) is 0 Å². The predicted octanol–water partition coefficient (Wildman–Crippen LogP) is 1.82. The Balaban J connectivity index is 1.95. The van der Waals surface area contributed by atoms with E-state index in [0.29, 0.717) is 24.5 Å². The second-order valence-electron chi connectivity index (χ2n) is 4.47. The van der Waals surface area contributed by atoms with Crippen LogP contribution >= 0.6 is 11.6 Å². The van der Waals surface area contributed by atoms with Crippen LogP contribution in [0.5, 0.6) is 0 Å². The number of halogens is 1. The first-order chi connectivity index (χ1) is 8.56. The van der Waals surface area contributed by atoms with Crippen molar-refractivity contribution >= 4 is 23.5 Å². The number of amides is 1. The molecule has 0 radical (unpaired) electrons. The largest absolute Gasteiger partial charge is 0.481 e. The van der Waals surface area contributed by atoms with Crippen molar-refractivity contribution in [1.82, 2.24) is 4.90 Å². The van der Waals surface area contributed by atoms with Crippen molar-refractivity contribution in [3.05, 3.63) is 34.9 Å². The van der Waals surface area contributed by atoms with Crippen LogP contribution in [0.1, 0.15) is 12.0 Å². The molecule has 1 aliphatic rings. The third kappa shape index (κ3) is 3.01. The number of hydrogen-bond acceptors (Lipinski definition) is 2. The van der Waals surface area contributed by atoms with Crippen molar-refractivity contribution in [2.75, 3.05) is 13.1 Å². The first kappa shape index (κ1) is 12.9. The zero-order valence-corrected chi connectivity index (χ0v) is 10.6. The average Bonchev–Trinajstić information content (AvgIpc) is 2.78. The van der Waals surface area contributed by atoms with Gasteiger partial charge in [0.2, 0.25) is 5.91 Å². The summed E-state index contributed by atoms with van der Waals surface area (Å²) in [5, 5.41) is 9.49.